The van der Waals surface area contributed by atoms with Crippen molar-refractivity contribution < 1.29 is 18.1 Å². The van der Waals surface area contributed by atoms with E-state index in [1.165, 1.54) is 42.1 Å². The Bertz CT molecular complexity index is 956. The summed E-state index contributed by atoms with van der Waals surface area (Å²) in [5.41, 5.74) is 0.236. The molecule has 1 aliphatic heterocycles. The maximum Gasteiger partial charge on any atom is 0.270 e. The number of fused-ring (bicyclic) bond motifs is 2. The van der Waals surface area contributed by atoms with Crippen molar-refractivity contribution in [3.05, 3.63) is 33.9 Å². The number of rotatable bonds is 7. The lowest BCUT2D eigenvalue weighted by Gasteiger charge is -2.31. The number of benzene rings is 1. The van der Waals surface area contributed by atoms with Crippen LogP contribution in [0.15, 0.2) is 23.1 Å². The second kappa shape index (κ2) is 8.86. The fourth-order valence-corrected chi connectivity index (χ4v) is 7.45. The van der Waals surface area contributed by atoms with Gasteiger partial charge in [0.15, 0.2) is 0 Å². The van der Waals surface area contributed by atoms with Gasteiger partial charge in [-0.15, -0.1) is 0 Å². The number of nitro groups is 1. The molecule has 4 rings (SSSR count). The van der Waals surface area contributed by atoms with E-state index in [-0.39, 0.29) is 35.5 Å². The molecule has 3 fully saturated rings. The lowest BCUT2D eigenvalue weighted by molar-refractivity contribution is -0.385. The van der Waals surface area contributed by atoms with Gasteiger partial charge in [0, 0.05) is 37.7 Å². The molecule has 1 amide bonds. The van der Waals surface area contributed by atoms with Crippen molar-refractivity contribution in [3.63, 3.8) is 0 Å². The summed E-state index contributed by atoms with van der Waals surface area (Å²) < 4.78 is 27.4. The van der Waals surface area contributed by atoms with Gasteiger partial charge in [-0.1, -0.05) is 12.5 Å². The van der Waals surface area contributed by atoms with Gasteiger partial charge >= 0.3 is 0 Å². The normalized spacial score (nSPS) is 26.8. The number of amides is 1. The van der Waals surface area contributed by atoms with Crippen molar-refractivity contribution in [3.8, 4) is 0 Å². The SMILES string of the molecule is Cc1ccc([N+](=O)[O-])cc1S(=O)(=O)N1CCC(C(=O)NCCC2CC3CCC2C3)CC1. The number of nitrogens with one attached hydrogen (secondary N) is 1. The second-order valence-corrected chi connectivity index (χ2v) is 11.3. The zero-order valence-electron chi connectivity index (χ0n) is 18.0. The first-order chi connectivity index (χ1) is 14.8. The Morgan fingerprint density at radius 3 is 2.55 bits per heavy atom. The summed E-state index contributed by atoms with van der Waals surface area (Å²) in [7, 11) is -3.83. The van der Waals surface area contributed by atoms with Crippen LogP contribution in [0, 0.1) is 40.7 Å². The Balaban J connectivity index is 1.29. The molecule has 3 atom stereocenters. The molecule has 1 aromatic rings. The summed E-state index contributed by atoms with van der Waals surface area (Å²) in [4.78, 5) is 23.0. The van der Waals surface area contributed by atoms with Gasteiger partial charge < -0.3 is 5.32 Å². The van der Waals surface area contributed by atoms with Crippen molar-refractivity contribution in [1.29, 1.82) is 0 Å². The lowest BCUT2D eigenvalue weighted by atomic mass is 9.86. The van der Waals surface area contributed by atoms with E-state index in [0.29, 0.717) is 24.9 Å². The summed E-state index contributed by atoms with van der Waals surface area (Å²) in [6.07, 6.45) is 7.39. The highest BCUT2D eigenvalue weighted by Crippen LogP contribution is 2.49. The maximum atomic E-state index is 13.0. The van der Waals surface area contributed by atoms with Crippen LogP contribution in [-0.2, 0) is 14.8 Å². The van der Waals surface area contributed by atoms with Crippen LogP contribution in [0.25, 0.3) is 0 Å². The minimum Gasteiger partial charge on any atom is -0.356 e. The van der Waals surface area contributed by atoms with Crippen LogP contribution in [0.2, 0.25) is 0 Å². The number of hydrogen-bond acceptors (Lipinski definition) is 5. The maximum absolute atomic E-state index is 13.0. The molecule has 3 aliphatic rings. The molecule has 3 unspecified atom stereocenters. The number of sulfonamides is 1. The molecule has 1 N–H and O–H groups in total. The number of non-ortho nitro benzene ring substituents is 1. The van der Waals surface area contributed by atoms with E-state index in [9.17, 15) is 23.3 Å². The fraction of sp³-hybridized carbons (Fsp3) is 0.682. The molecule has 2 saturated carbocycles. The minimum atomic E-state index is -3.83. The first kappa shape index (κ1) is 22.2. The summed E-state index contributed by atoms with van der Waals surface area (Å²) in [6, 6.07) is 3.89. The van der Waals surface area contributed by atoms with Crippen LogP contribution < -0.4 is 5.32 Å². The number of carbonyl (C=O) groups excluding carboxylic acids is 1. The third-order valence-corrected chi connectivity index (χ3v) is 9.56. The highest BCUT2D eigenvalue weighted by molar-refractivity contribution is 7.89. The number of piperidine rings is 1. The monoisotopic (exact) mass is 449 g/mol. The van der Waals surface area contributed by atoms with E-state index in [4.69, 9.17) is 0 Å². The van der Waals surface area contributed by atoms with Gasteiger partial charge in [0.2, 0.25) is 15.9 Å². The van der Waals surface area contributed by atoms with Crippen LogP contribution in [-0.4, -0.2) is 43.2 Å². The Hall–Kier alpha value is -2.00. The van der Waals surface area contributed by atoms with Crippen LogP contribution in [0.5, 0.6) is 0 Å². The zero-order valence-corrected chi connectivity index (χ0v) is 18.8. The molecule has 2 aliphatic carbocycles. The van der Waals surface area contributed by atoms with Gasteiger partial charge in [-0.2, -0.15) is 4.31 Å². The number of nitrogens with zero attached hydrogens (tertiary/aromatic N) is 2. The Morgan fingerprint density at radius 2 is 1.94 bits per heavy atom. The van der Waals surface area contributed by atoms with Crippen LogP contribution in [0.1, 0.15) is 50.5 Å². The predicted octanol–water partition coefficient (Wildman–Crippen LogP) is 3.25. The van der Waals surface area contributed by atoms with Crippen molar-refractivity contribution in [2.24, 2.45) is 23.7 Å². The molecule has 170 valence electrons. The van der Waals surface area contributed by atoms with E-state index in [1.54, 1.807) is 6.92 Å². The van der Waals surface area contributed by atoms with Crippen molar-refractivity contribution in [1.82, 2.24) is 9.62 Å². The van der Waals surface area contributed by atoms with Gasteiger partial charge in [0.1, 0.15) is 0 Å². The summed E-state index contributed by atoms with van der Waals surface area (Å²) in [6.45, 7) is 2.83. The first-order valence-electron chi connectivity index (χ1n) is 11.3. The molecule has 1 heterocycles. The Kier molecular flexibility index (Phi) is 6.35. The highest BCUT2D eigenvalue weighted by atomic mass is 32.2. The van der Waals surface area contributed by atoms with E-state index in [1.807, 2.05) is 0 Å². The van der Waals surface area contributed by atoms with Gasteiger partial charge in [0.05, 0.1) is 9.82 Å². The molecule has 9 heteroatoms. The molecule has 1 aromatic carbocycles. The van der Waals surface area contributed by atoms with E-state index >= 15 is 0 Å². The Morgan fingerprint density at radius 1 is 1.19 bits per heavy atom. The number of carbonyl (C=O) groups is 1. The summed E-state index contributed by atoms with van der Waals surface area (Å²) >= 11 is 0. The minimum absolute atomic E-state index is 0.0201. The molecule has 0 aromatic heterocycles. The standard InChI is InChI=1S/C22H31N3O5S/c1-15-2-5-20(25(27)28)14-21(15)31(29,30)24-10-7-17(8-11-24)22(26)23-9-6-19-13-16-3-4-18(19)12-16/h2,5,14,16-19H,3-4,6-13H2,1H3,(H,23,26). The van der Waals surface area contributed by atoms with Gasteiger partial charge in [-0.25, -0.2) is 8.42 Å². The van der Waals surface area contributed by atoms with Crippen LogP contribution in [0.4, 0.5) is 5.69 Å². The number of hydrogen-bond donors (Lipinski definition) is 1. The average molecular weight is 450 g/mol. The quantitative estimate of drug-likeness (QED) is 0.508. The fourth-order valence-electron chi connectivity index (χ4n) is 5.73. The topological polar surface area (TPSA) is 110 Å². The largest absolute Gasteiger partial charge is 0.356 e. The van der Waals surface area contributed by atoms with Crippen LogP contribution in [0.3, 0.4) is 0 Å². The molecule has 31 heavy (non-hydrogen) atoms. The van der Waals surface area contributed by atoms with E-state index in [2.05, 4.69) is 5.32 Å². The molecular weight excluding hydrogens is 418 g/mol. The van der Waals surface area contributed by atoms with Gasteiger partial charge in [-0.05, 0) is 68.8 Å². The first-order valence-corrected chi connectivity index (χ1v) is 12.7. The van der Waals surface area contributed by atoms with Crippen molar-refractivity contribution >= 4 is 21.6 Å². The number of nitro benzene ring substituents is 1. The summed E-state index contributed by atoms with van der Waals surface area (Å²) in [5.74, 6) is 2.35. The van der Waals surface area contributed by atoms with Crippen molar-refractivity contribution in [2.75, 3.05) is 19.6 Å². The van der Waals surface area contributed by atoms with E-state index < -0.39 is 14.9 Å². The Labute approximate surface area is 183 Å². The molecule has 2 bridgehead atoms. The second-order valence-electron chi connectivity index (χ2n) is 9.40. The lowest BCUT2D eigenvalue weighted by Crippen LogP contribution is -2.43. The van der Waals surface area contributed by atoms with Crippen molar-refractivity contribution in [2.45, 2.75) is 56.8 Å². The van der Waals surface area contributed by atoms with Crippen LogP contribution >= 0.6 is 0 Å². The smallest absolute Gasteiger partial charge is 0.270 e. The predicted molar refractivity (Wildman–Crippen MR) is 116 cm³/mol. The van der Waals surface area contributed by atoms with E-state index in [0.717, 1.165) is 30.2 Å². The average Bonchev–Trinajstić information content (AvgIpc) is 3.37. The molecule has 0 spiro atoms. The molecule has 8 nitrogen and oxygen atoms in total. The molecule has 1 saturated heterocycles. The third-order valence-electron chi connectivity index (χ3n) is 7.52. The molecular formula is C22H31N3O5S. The van der Waals surface area contributed by atoms with Gasteiger partial charge in [0.25, 0.3) is 5.69 Å². The zero-order chi connectivity index (χ0) is 22.2. The highest BCUT2D eigenvalue weighted by Gasteiger charge is 2.39. The van der Waals surface area contributed by atoms with Gasteiger partial charge in [-0.3, -0.25) is 14.9 Å². The summed E-state index contributed by atoms with van der Waals surface area (Å²) in [5, 5.41) is 14.1. The number of aryl methyl sites for hydroxylation is 1. The molecule has 0 radical (unpaired) electrons. The third kappa shape index (κ3) is 4.62.